The minimum atomic E-state index is -5.60. The highest BCUT2D eigenvalue weighted by Crippen LogP contribution is 2.55. The third kappa shape index (κ3) is 4.95. The Labute approximate surface area is 140 Å². The van der Waals surface area contributed by atoms with E-state index in [0.717, 1.165) is 12.8 Å². The summed E-state index contributed by atoms with van der Waals surface area (Å²) in [5, 5.41) is -0.630. The summed E-state index contributed by atoms with van der Waals surface area (Å²) in [6.07, 6.45) is 2.87. The van der Waals surface area contributed by atoms with Gasteiger partial charge in [-0.15, -0.1) is 0 Å². The first-order chi connectivity index (χ1) is 10.2. The maximum atomic E-state index is 13.0. The summed E-state index contributed by atoms with van der Waals surface area (Å²) >= 11 is 0. The van der Waals surface area contributed by atoms with Crippen LogP contribution in [-0.2, 0) is 14.0 Å². The molecule has 0 aromatic rings. The first-order valence-corrected chi connectivity index (χ1v) is 11.7. The van der Waals surface area contributed by atoms with Crippen molar-refractivity contribution in [2.45, 2.75) is 95.8 Å². The fourth-order valence-electron chi connectivity index (χ4n) is 3.78. The standard InChI is InChI=1S/C15H31F3O3SSi/c1-8-10-12(3)23(14(5,6)7,13(4)11-9-2)21-22(19,20)15(16,17)18/h12-13H,8-11H2,1-7H3. The smallest absolute Gasteiger partial charge is 0.307 e. The van der Waals surface area contributed by atoms with Crippen LogP contribution in [0.3, 0.4) is 0 Å². The summed E-state index contributed by atoms with van der Waals surface area (Å²) in [5.41, 5.74) is -5.76. The molecule has 3 nitrogen and oxygen atoms in total. The van der Waals surface area contributed by atoms with Crippen molar-refractivity contribution in [1.29, 1.82) is 0 Å². The lowest BCUT2D eigenvalue weighted by atomic mass is 10.2. The molecule has 0 spiro atoms. The molecule has 0 heterocycles. The van der Waals surface area contributed by atoms with Gasteiger partial charge < -0.3 is 3.87 Å². The van der Waals surface area contributed by atoms with Crippen molar-refractivity contribution in [3.63, 3.8) is 0 Å². The first-order valence-electron chi connectivity index (χ1n) is 8.19. The van der Waals surface area contributed by atoms with Crippen LogP contribution in [0.15, 0.2) is 0 Å². The van der Waals surface area contributed by atoms with E-state index in [-0.39, 0.29) is 11.1 Å². The number of hydrogen-bond acceptors (Lipinski definition) is 3. The van der Waals surface area contributed by atoms with Crippen LogP contribution in [0.2, 0.25) is 16.1 Å². The molecule has 2 atom stereocenters. The monoisotopic (exact) mass is 376 g/mol. The number of hydrogen-bond donors (Lipinski definition) is 0. The zero-order valence-corrected chi connectivity index (χ0v) is 17.1. The Morgan fingerprint density at radius 1 is 0.957 bits per heavy atom. The molecule has 0 aliphatic heterocycles. The lowest BCUT2D eigenvalue weighted by Crippen LogP contribution is -2.56. The molecule has 0 N–H and O–H groups in total. The van der Waals surface area contributed by atoms with Gasteiger partial charge in [-0.05, 0) is 16.1 Å². The van der Waals surface area contributed by atoms with Crippen LogP contribution in [0.1, 0.15) is 74.1 Å². The van der Waals surface area contributed by atoms with Gasteiger partial charge in [0.05, 0.1) is 0 Å². The topological polar surface area (TPSA) is 43.4 Å². The molecule has 140 valence electrons. The second kappa shape index (κ2) is 7.87. The van der Waals surface area contributed by atoms with Crippen molar-refractivity contribution >= 4 is 18.4 Å². The maximum Gasteiger partial charge on any atom is 0.522 e. The normalized spacial score (nSPS) is 19.2. The fourth-order valence-corrected chi connectivity index (χ4v) is 13.3. The summed E-state index contributed by atoms with van der Waals surface area (Å²) in [6.45, 7) is 13.0. The molecule has 23 heavy (non-hydrogen) atoms. The first kappa shape index (κ1) is 22.9. The van der Waals surface area contributed by atoms with E-state index in [1.54, 1.807) is 0 Å². The van der Waals surface area contributed by atoms with Crippen molar-refractivity contribution < 1.29 is 25.5 Å². The molecule has 0 aromatic heterocycles. The van der Waals surface area contributed by atoms with E-state index in [1.165, 1.54) is 0 Å². The average molecular weight is 377 g/mol. The van der Waals surface area contributed by atoms with E-state index >= 15 is 0 Å². The number of alkyl halides is 3. The molecule has 0 rings (SSSR count). The van der Waals surface area contributed by atoms with Crippen LogP contribution in [-0.4, -0.2) is 22.2 Å². The maximum absolute atomic E-state index is 13.0. The van der Waals surface area contributed by atoms with Gasteiger partial charge in [-0.1, -0.05) is 74.1 Å². The highest BCUT2D eigenvalue weighted by atomic mass is 32.2. The highest BCUT2D eigenvalue weighted by molar-refractivity contribution is 7.88. The summed E-state index contributed by atoms with van der Waals surface area (Å²) in [7, 11) is -8.90. The van der Waals surface area contributed by atoms with E-state index in [0.29, 0.717) is 12.8 Å². The molecule has 0 amide bonds. The van der Waals surface area contributed by atoms with Gasteiger partial charge >= 0.3 is 15.6 Å². The minimum Gasteiger partial charge on any atom is -0.307 e. The molecular weight excluding hydrogens is 345 g/mol. The van der Waals surface area contributed by atoms with E-state index in [4.69, 9.17) is 3.87 Å². The fraction of sp³-hybridized carbons (Fsp3) is 1.00. The Kier molecular flexibility index (Phi) is 7.84. The molecule has 0 fully saturated rings. The quantitative estimate of drug-likeness (QED) is 0.387. The van der Waals surface area contributed by atoms with Crippen LogP contribution in [0, 0.1) is 0 Å². The number of rotatable bonds is 8. The lowest BCUT2D eigenvalue weighted by Gasteiger charge is -2.49. The third-order valence-corrected chi connectivity index (χ3v) is 13.0. The van der Waals surface area contributed by atoms with Gasteiger partial charge in [-0.3, -0.25) is 0 Å². The van der Waals surface area contributed by atoms with Gasteiger partial charge in [0.15, 0.2) is 0 Å². The van der Waals surface area contributed by atoms with Gasteiger partial charge in [0.25, 0.3) is 0 Å². The van der Waals surface area contributed by atoms with Crippen molar-refractivity contribution in [3.05, 3.63) is 0 Å². The SMILES string of the molecule is CCCC(C)[Si](OS(=O)(=O)C(F)(F)F)(C(C)CCC)C(C)(C)C. The lowest BCUT2D eigenvalue weighted by molar-refractivity contribution is -0.0507. The molecule has 2 unspecified atom stereocenters. The predicted octanol–water partition coefficient (Wildman–Crippen LogP) is 5.98. The molecule has 0 radical (unpaired) electrons. The Balaban J connectivity index is 6.24. The van der Waals surface area contributed by atoms with Crippen molar-refractivity contribution in [1.82, 2.24) is 0 Å². The van der Waals surface area contributed by atoms with Crippen molar-refractivity contribution in [2.75, 3.05) is 0 Å². The summed E-state index contributed by atoms with van der Waals surface area (Å²) in [5.74, 6) is 0. The second-order valence-corrected chi connectivity index (χ2v) is 14.5. The molecule has 0 saturated carbocycles. The molecule has 0 aliphatic rings. The highest BCUT2D eigenvalue weighted by Gasteiger charge is 2.61. The molecule has 0 saturated heterocycles. The minimum absolute atomic E-state index is 0.189. The Bertz CT molecular complexity index is 457. The van der Waals surface area contributed by atoms with Gasteiger partial charge in [-0.25, -0.2) is 0 Å². The zero-order valence-electron chi connectivity index (χ0n) is 15.3. The zero-order chi connectivity index (χ0) is 18.7. The van der Waals surface area contributed by atoms with Gasteiger partial charge in [0.1, 0.15) is 0 Å². The van der Waals surface area contributed by atoms with Crippen LogP contribution < -0.4 is 0 Å². The Morgan fingerprint density at radius 2 is 1.30 bits per heavy atom. The van der Waals surface area contributed by atoms with Crippen LogP contribution in [0.4, 0.5) is 13.2 Å². The molecular formula is C15H31F3O3SSi. The van der Waals surface area contributed by atoms with Crippen molar-refractivity contribution in [3.8, 4) is 0 Å². The number of halogens is 3. The second-order valence-electron chi connectivity index (χ2n) is 7.41. The Hall–Kier alpha value is -0.0831. The van der Waals surface area contributed by atoms with Gasteiger partial charge in [0.2, 0.25) is 8.32 Å². The van der Waals surface area contributed by atoms with E-state index in [9.17, 15) is 21.6 Å². The van der Waals surface area contributed by atoms with E-state index in [2.05, 4.69) is 0 Å². The van der Waals surface area contributed by atoms with Crippen molar-refractivity contribution in [2.24, 2.45) is 0 Å². The molecule has 8 heteroatoms. The van der Waals surface area contributed by atoms with Crippen LogP contribution in [0.25, 0.3) is 0 Å². The summed E-state index contributed by atoms with van der Waals surface area (Å²) in [4.78, 5) is 0. The van der Waals surface area contributed by atoms with Gasteiger partial charge in [0, 0.05) is 0 Å². The van der Waals surface area contributed by atoms with Crippen LogP contribution in [0.5, 0.6) is 0 Å². The van der Waals surface area contributed by atoms with Gasteiger partial charge in [-0.2, -0.15) is 21.6 Å². The summed E-state index contributed by atoms with van der Waals surface area (Å²) < 4.78 is 67.7. The third-order valence-electron chi connectivity index (χ3n) is 4.61. The molecule has 0 aliphatic carbocycles. The van der Waals surface area contributed by atoms with E-state index < -0.39 is 29.0 Å². The molecule has 0 bridgehead atoms. The molecule has 0 aromatic carbocycles. The van der Waals surface area contributed by atoms with Crippen LogP contribution >= 0.6 is 0 Å². The van der Waals surface area contributed by atoms with E-state index in [1.807, 2.05) is 48.5 Å². The Morgan fingerprint density at radius 3 is 1.52 bits per heavy atom. The predicted molar refractivity (Wildman–Crippen MR) is 90.2 cm³/mol. The average Bonchev–Trinajstić information content (AvgIpc) is 2.33. The summed E-state index contributed by atoms with van der Waals surface area (Å²) in [6, 6.07) is 0. The largest absolute Gasteiger partial charge is 0.522 e.